The largest absolute Gasteiger partial charge is 0.485 e. The Kier molecular flexibility index (Phi) is 3.62. The molecule has 1 aliphatic rings. The number of non-ortho nitro benzene ring substituents is 1. The standard InChI is InChI=1S/C17H12N2O4S/c20-19(21)12-7-5-11(6-8-12)13-10-24-17(18-13)16-9-22-14-3-1-2-4-15(14)23-16/h1-8,10,16H,9H2. The van der Waals surface area contributed by atoms with Gasteiger partial charge in [-0.3, -0.25) is 10.1 Å². The van der Waals surface area contributed by atoms with Crippen molar-refractivity contribution in [3.63, 3.8) is 0 Å². The molecule has 120 valence electrons. The van der Waals surface area contributed by atoms with Crippen LogP contribution < -0.4 is 9.47 Å². The molecular weight excluding hydrogens is 328 g/mol. The second kappa shape index (κ2) is 5.93. The third-order valence-electron chi connectivity index (χ3n) is 3.68. The zero-order valence-electron chi connectivity index (χ0n) is 12.4. The monoisotopic (exact) mass is 340 g/mol. The van der Waals surface area contributed by atoms with Crippen LogP contribution in [0.1, 0.15) is 11.1 Å². The maximum Gasteiger partial charge on any atom is 0.269 e. The van der Waals surface area contributed by atoms with Gasteiger partial charge in [-0.2, -0.15) is 0 Å². The fourth-order valence-electron chi connectivity index (χ4n) is 2.46. The Balaban J connectivity index is 1.56. The summed E-state index contributed by atoms with van der Waals surface area (Å²) >= 11 is 1.49. The number of benzene rings is 2. The molecule has 7 heteroatoms. The number of aromatic nitrogens is 1. The molecule has 6 nitrogen and oxygen atoms in total. The Morgan fingerprint density at radius 1 is 1.12 bits per heavy atom. The predicted molar refractivity (Wildman–Crippen MR) is 89.5 cm³/mol. The zero-order chi connectivity index (χ0) is 16.5. The van der Waals surface area contributed by atoms with Crippen molar-refractivity contribution in [1.29, 1.82) is 0 Å². The summed E-state index contributed by atoms with van der Waals surface area (Å²) in [5.74, 6) is 1.45. The van der Waals surface area contributed by atoms with E-state index in [1.165, 1.54) is 23.5 Å². The fraction of sp³-hybridized carbons (Fsp3) is 0.118. The molecule has 1 unspecified atom stereocenters. The number of fused-ring (bicyclic) bond motifs is 1. The Morgan fingerprint density at radius 2 is 1.88 bits per heavy atom. The number of thiazole rings is 1. The molecule has 1 aliphatic heterocycles. The van der Waals surface area contributed by atoms with Crippen molar-refractivity contribution in [3.05, 3.63) is 69.0 Å². The molecular formula is C17H12N2O4S. The summed E-state index contributed by atoms with van der Waals surface area (Å²) < 4.78 is 11.7. The number of ether oxygens (including phenoxy) is 2. The molecule has 2 aromatic carbocycles. The molecule has 0 amide bonds. The van der Waals surface area contributed by atoms with Gasteiger partial charge in [0.25, 0.3) is 5.69 Å². The van der Waals surface area contributed by atoms with Crippen molar-refractivity contribution in [1.82, 2.24) is 4.98 Å². The Bertz CT molecular complexity index is 892. The second-order valence-electron chi connectivity index (χ2n) is 5.24. The van der Waals surface area contributed by atoms with Gasteiger partial charge in [-0.1, -0.05) is 12.1 Å². The van der Waals surface area contributed by atoms with E-state index in [1.807, 2.05) is 29.6 Å². The minimum Gasteiger partial charge on any atom is -0.485 e. The molecule has 0 saturated carbocycles. The molecule has 24 heavy (non-hydrogen) atoms. The van der Waals surface area contributed by atoms with Gasteiger partial charge < -0.3 is 9.47 Å². The summed E-state index contributed by atoms with van der Waals surface area (Å²) in [6, 6.07) is 13.9. The highest BCUT2D eigenvalue weighted by molar-refractivity contribution is 7.10. The summed E-state index contributed by atoms with van der Waals surface area (Å²) in [5, 5.41) is 13.5. The highest BCUT2D eigenvalue weighted by Crippen LogP contribution is 2.37. The predicted octanol–water partition coefficient (Wildman–Crippen LogP) is 4.23. The van der Waals surface area contributed by atoms with Crippen molar-refractivity contribution >= 4 is 17.0 Å². The summed E-state index contributed by atoms with van der Waals surface area (Å²) in [4.78, 5) is 14.9. The van der Waals surface area contributed by atoms with Gasteiger partial charge in [0.05, 0.1) is 10.6 Å². The molecule has 4 rings (SSSR count). The van der Waals surface area contributed by atoms with Crippen molar-refractivity contribution in [3.8, 4) is 22.8 Å². The van der Waals surface area contributed by atoms with Gasteiger partial charge in [0, 0.05) is 23.1 Å². The number of nitrogens with zero attached hydrogens (tertiary/aromatic N) is 2. The third kappa shape index (κ3) is 2.69. The van der Waals surface area contributed by atoms with Gasteiger partial charge in [-0.05, 0) is 24.3 Å². The van der Waals surface area contributed by atoms with Crippen LogP contribution in [0, 0.1) is 10.1 Å². The third-order valence-corrected chi connectivity index (χ3v) is 4.62. The van der Waals surface area contributed by atoms with Crippen LogP contribution in [0.5, 0.6) is 11.5 Å². The summed E-state index contributed by atoms with van der Waals surface area (Å²) in [5.41, 5.74) is 1.67. The van der Waals surface area contributed by atoms with Crippen LogP contribution in [-0.2, 0) is 0 Å². The van der Waals surface area contributed by atoms with Gasteiger partial charge in [0.15, 0.2) is 17.6 Å². The van der Waals surface area contributed by atoms with E-state index in [4.69, 9.17) is 9.47 Å². The van der Waals surface area contributed by atoms with Gasteiger partial charge in [0.1, 0.15) is 11.6 Å². The molecule has 1 aromatic heterocycles. The lowest BCUT2D eigenvalue weighted by Gasteiger charge is -2.24. The van der Waals surface area contributed by atoms with Gasteiger partial charge >= 0.3 is 0 Å². The number of para-hydroxylation sites is 2. The van der Waals surface area contributed by atoms with Gasteiger partial charge in [0.2, 0.25) is 0 Å². The molecule has 0 bridgehead atoms. The lowest BCUT2D eigenvalue weighted by Crippen LogP contribution is -2.21. The fourth-order valence-corrected chi connectivity index (χ4v) is 3.30. The van der Waals surface area contributed by atoms with Crippen molar-refractivity contribution in [2.24, 2.45) is 0 Å². The highest BCUT2D eigenvalue weighted by Gasteiger charge is 2.25. The molecule has 0 radical (unpaired) electrons. The van der Waals surface area contributed by atoms with E-state index in [0.29, 0.717) is 12.4 Å². The maximum absolute atomic E-state index is 10.7. The van der Waals surface area contributed by atoms with Crippen LogP contribution in [0.15, 0.2) is 53.9 Å². The lowest BCUT2D eigenvalue weighted by molar-refractivity contribution is -0.384. The first-order valence-corrected chi connectivity index (χ1v) is 8.17. The Labute approximate surface area is 141 Å². The minimum atomic E-state index is -0.416. The van der Waals surface area contributed by atoms with Gasteiger partial charge in [-0.25, -0.2) is 4.98 Å². The van der Waals surface area contributed by atoms with Crippen LogP contribution in [-0.4, -0.2) is 16.5 Å². The Morgan fingerprint density at radius 3 is 2.62 bits per heavy atom. The van der Waals surface area contributed by atoms with Crippen LogP contribution >= 0.6 is 11.3 Å². The maximum atomic E-state index is 10.7. The average molecular weight is 340 g/mol. The SMILES string of the molecule is O=[N+]([O-])c1ccc(-c2csc(C3COc4ccccc4O3)n2)cc1. The molecule has 1 atom stereocenters. The van der Waals surface area contributed by atoms with E-state index < -0.39 is 4.92 Å². The van der Waals surface area contributed by atoms with E-state index >= 15 is 0 Å². The number of nitro groups is 1. The zero-order valence-corrected chi connectivity index (χ0v) is 13.2. The van der Waals surface area contributed by atoms with E-state index in [-0.39, 0.29) is 11.8 Å². The molecule has 0 fully saturated rings. The van der Waals surface area contributed by atoms with Crippen LogP contribution in [0.25, 0.3) is 11.3 Å². The number of hydrogen-bond donors (Lipinski definition) is 0. The first-order chi connectivity index (χ1) is 11.7. The van der Waals surface area contributed by atoms with Crippen molar-refractivity contribution < 1.29 is 14.4 Å². The smallest absolute Gasteiger partial charge is 0.269 e. The van der Waals surface area contributed by atoms with Gasteiger partial charge in [-0.15, -0.1) is 11.3 Å². The summed E-state index contributed by atoms with van der Waals surface area (Å²) in [6.45, 7) is 0.407. The molecule has 0 spiro atoms. The second-order valence-corrected chi connectivity index (χ2v) is 6.13. The topological polar surface area (TPSA) is 74.5 Å². The first kappa shape index (κ1) is 14.6. The number of hydrogen-bond acceptors (Lipinski definition) is 6. The van der Waals surface area contributed by atoms with E-state index in [0.717, 1.165) is 22.0 Å². The van der Waals surface area contributed by atoms with Crippen molar-refractivity contribution in [2.45, 2.75) is 6.10 Å². The normalized spacial score (nSPS) is 15.9. The Hall–Kier alpha value is -2.93. The molecule has 0 saturated heterocycles. The molecule has 2 heterocycles. The van der Waals surface area contributed by atoms with Crippen LogP contribution in [0.3, 0.4) is 0 Å². The number of rotatable bonds is 3. The van der Waals surface area contributed by atoms with Crippen molar-refractivity contribution in [2.75, 3.05) is 6.61 Å². The minimum absolute atomic E-state index is 0.0647. The number of nitro benzene ring substituents is 1. The highest BCUT2D eigenvalue weighted by atomic mass is 32.1. The first-order valence-electron chi connectivity index (χ1n) is 7.29. The average Bonchev–Trinajstić information content (AvgIpc) is 3.11. The summed E-state index contributed by atoms with van der Waals surface area (Å²) in [6.07, 6.45) is -0.253. The quantitative estimate of drug-likeness (QED) is 0.527. The van der Waals surface area contributed by atoms with E-state index in [1.54, 1.807) is 12.1 Å². The molecule has 0 N–H and O–H groups in total. The van der Waals surface area contributed by atoms with E-state index in [2.05, 4.69) is 4.98 Å². The molecule has 0 aliphatic carbocycles. The van der Waals surface area contributed by atoms with Crippen LogP contribution in [0.2, 0.25) is 0 Å². The summed E-state index contributed by atoms with van der Waals surface area (Å²) in [7, 11) is 0. The lowest BCUT2D eigenvalue weighted by atomic mass is 10.1. The molecule has 3 aromatic rings. The van der Waals surface area contributed by atoms with E-state index in [9.17, 15) is 10.1 Å². The van der Waals surface area contributed by atoms with Crippen LogP contribution in [0.4, 0.5) is 5.69 Å².